The summed E-state index contributed by atoms with van der Waals surface area (Å²) in [5.41, 5.74) is 1.43. The third kappa shape index (κ3) is 3.27. The minimum absolute atomic E-state index is 0.152. The molecule has 1 aromatic rings. The van der Waals surface area contributed by atoms with Gasteiger partial charge in [-0.15, -0.1) is 0 Å². The number of aryl methyl sites for hydroxylation is 1. The SMILES string of the molecule is Cc1ccc(F)cc1CC1(O)CSCC(C)(C)C1. The van der Waals surface area contributed by atoms with Crippen molar-refractivity contribution in [2.75, 3.05) is 11.5 Å². The van der Waals surface area contributed by atoms with E-state index >= 15 is 0 Å². The second-order valence-corrected chi connectivity index (χ2v) is 7.29. The summed E-state index contributed by atoms with van der Waals surface area (Å²) in [4.78, 5) is 0. The van der Waals surface area contributed by atoms with Crippen LogP contribution in [-0.4, -0.2) is 22.2 Å². The van der Waals surface area contributed by atoms with Crippen LogP contribution in [0.1, 0.15) is 31.4 Å². The van der Waals surface area contributed by atoms with Gasteiger partial charge in [-0.1, -0.05) is 19.9 Å². The molecule has 0 amide bonds. The van der Waals surface area contributed by atoms with E-state index in [1.54, 1.807) is 23.9 Å². The van der Waals surface area contributed by atoms with Crippen LogP contribution in [0, 0.1) is 18.2 Å². The van der Waals surface area contributed by atoms with Crippen molar-refractivity contribution in [2.45, 2.75) is 39.2 Å². The molecule has 1 aromatic carbocycles. The van der Waals surface area contributed by atoms with Gasteiger partial charge < -0.3 is 5.11 Å². The quantitative estimate of drug-likeness (QED) is 0.885. The van der Waals surface area contributed by atoms with E-state index < -0.39 is 5.60 Å². The number of aliphatic hydroxyl groups is 1. The van der Waals surface area contributed by atoms with Crippen molar-refractivity contribution < 1.29 is 9.50 Å². The van der Waals surface area contributed by atoms with Gasteiger partial charge in [0, 0.05) is 12.2 Å². The van der Waals surface area contributed by atoms with Crippen LogP contribution in [0.2, 0.25) is 0 Å². The van der Waals surface area contributed by atoms with Gasteiger partial charge in [0.2, 0.25) is 0 Å². The van der Waals surface area contributed by atoms with Gasteiger partial charge in [-0.25, -0.2) is 4.39 Å². The molecule has 2 rings (SSSR count). The van der Waals surface area contributed by atoms with Crippen molar-refractivity contribution in [3.63, 3.8) is 0 Å². The molecule has 0 aromatic heterocycles. The number of thioether (sulfide) groups is 1. The summed E-state index contributed by atoms with van der Waals surface area (Å²) in [7, 11) is 0. The summed E-state index contributed by atoms with van der Waals surface area (Å²) in [6, 6.07) is 4.82. The van der Waals surface area contributed by atoms with Crippen molar-refractivity contribution in [3.05, 3.63) is 35.1 Å². The Morgan fingerprint density at radius 3 is 2.72 bits per heavy atom. The largest absolute Gasteiger partial charge is 0.389 e. The lowest BCUT2D eigenvalue weighted by Gasteiger charge is -2.41. The number of hydrogen-bond donors (Lipinski definition) is 1. The van der Waals surface area contributed by atoms with Crippen LogP contribution < -0.4 is 0 Å². The highest BCUT2D eigenvalue weighted by molar-refractivity contribution is 7.99. The minimum atomic E-state index is -0.703. The summed E-state index contributed by atoms with van der Waals surface area (Å²) in [6.45, 7) is 6.34. The van der Waals surface area contributed by atoms with E-state index in [2.05, 4.69) is 13.8 Å². The zero-order valence-corrected chi connectivity index (χ0v) is 12.1. The van der Waals surface area contributed by atoms with Crippen LogP contribution >= 0.6 is 11.8 Å². The van der Waals surface area contributed by atoms with E-state index in [1.165, 1.54) is 6.07 Å². The second-order valence-electron chi connectivity index (χ2n) is 6.31. The topological polar surface area (TPSA) is 20.2 Å². The fourth-order valence-corrected chi connectivity index (χ4v) is 4.15. The first-order valence-corrected chi connectivity index (χ1v) is 7.50. The van der Waals surface area contributed by atoms with E-state index in [-0.39, 0.29) is 11.2 Å². The molecule has 1 N–H and O–H groups in total. The van der Waals surface area contributed by atoms with Gasteiger partial charge in [0.05, 0.1) is 5.60 Å². The highest BCUT2D eigenvalue weighted by Gasteiger charge is 2.39. The molecule has 0 aliphatic carbocycles. The monoisotopic (exact) mass is 268 g/mol. The van der Waals surface area contributed by atoms with Crippen LogP contribution in [-0.2, 0) is 6.42 Å². The Bertz CT molecular complexity index is 444. The molecule has 1 aliphatic heterocycles. The van der Waals surface area contributed by atoms with Crippen molar-refractivity contribution in [1.82, 2.24) is 0 Å². The van der Waals surface area contributed by atoms with Crippen molar-refractivity contribution in [3.8, 4) is 0 Å². The molecule has 1 heterocycles. The van der Waals surface area contributed by atoms with Gasteiger partial charge in [-0.05, 0) is 47.8 Å². The predicted octanol–water partition coefficient (Wildman–Crippen LogP) is 3.57. The summed E-state index contributed by atoms with van der Waals surface area (Å²) in [6.07, 6.45) is 1.33. The van der Waals surface area contributed by atoms with E-state index in [0.29, 0.717) is 6.42 Å². The van der Waals surface area contributed by atoms with Gasteiger partial charge in [-0.3, -0.25) is 0 Å². The fraction of sp³-hybridized carbons (Fsp3) is 0.600. The molecule has 1 aliphatic rings. The third-order valence-electron chi connectivity index (χ3n) is 3.50. The fourth-order valence-electron chi connectivity index (χ4n) is 2.81. The first-order valence-electron chi connectivity index (χ1n) is 6.35. The van der Waals surface area contributed by atoms with Gasteiger partial charge in [0.25, 0.3) is 0 Å². The molecule has 0 spiro atoms. The Hall–Kier alpha value is -0.540. The molecule has 3 heteroatoms. The lowest BCUT2D eigenvalue weighted by molar-refractivity contribution is 0.0198. The van der Waals surface area contributed by atoms with E-state index in [0.717, 1.165) is 29.1 Å². The van der Waals surface area contributed by atoms with Gasteiger partial charge >= 0.3 is 0 Å². The van der Waals surface area contributed by atoms with E-state index in [9.17, 15) is 9.50 Å². The zero-order chi connectivity index (χ0) is 13.4. The predicted molar refractivity (Wildman–Crippen MR) is 75.5 cm³/mol. The second kappa shape index (κ2) is 4.86. The van der Waals surface area contributed by atoms with Gasteiger partial charge in [0.1, 0.15) is 5.82 Å². The first kappa shape index (κ1) is 13.9. The molecule has 1 nitrogen and oxygen atoms in total. The Labute approximate surface area is 113 Å². The third-order valence-corrected chi connectivity index (χ3v) is 5.23. The normalized spacial score (nSPS) is 27.2. The van der Waals surface area contributed by atoms with Crippen molar-refractivity contribution in [2.24, 2.45) is 5.41 Å². The molecular formula is C15H21FOS. The maximum Gasteiger partial charge on any atom is 0.123 e. The zero-order valence-electron chi connectivity index (χ0n) is 11.3. The Balaban J connectivity index is 2.19. The number of halogens is 1. The Morgan fingerprint density at radius 2 is 2.06 bits per heavy atom. The molecule has 0 bridgehead atoms. The molecule has 1 saturated heterocycles. The summed E-state index contributed by atoms with van der Waals surface area (Å²) in [5.74, 6) is 1.60. The van der Waals surface area contributed by atoms with Crippen LogP contribution in [0.15, 0.2) is 18.2 Å². The maximum atomic E-state index is 13.3. The van der Waals surface area contributed by atoms with Crippen molar-refractivity contribution >= 4 is 11.8 Å². The number of benzene rings is 1. The number of hydrogen-bond acceptors (Lipinski definition) is 2. The molecule has 1 fully saturated rings. The molecule has 18 heavy (non-hydrogen) atoms. The standard InChI is InChI=1S/C15H21FOS/c1-11-4-5-13(16)6-12(11)7-15(17)8-14(2,3)9-18-10-15/h4-6,17H,7-10H2,1-3H3. The summed E-state index contributed by atoms with van der Waals surface area (Å²) >= 11 is 1.79. The lowest BCUT2D eigenvalue weighted by atomic mass is 9.78. The van der Waals surface area contributed by atoms with Crippen LogP contribution in [0.25, 0.3) is 0 Å². The highest BCUT2D eigenvalue weighted by atomic mass is 32.2. The van der Waals surface area contributed by atoms with Crippen LogP contribution in [0.4, 0.5) is 4.39 Å². The van der Waals surface area contributed by atoms with E-state index in [4.69, 9.17) is 0 Å². The highest BCUT2D eigenvalue weighted by Crippen LogP contribution is 2.40. The Kier molecular flexibility index (Phi) is 3.75. The molecule has 0 radical (unpaired) electrons. The maximum absolute atomic E-state index is 13.3. The van der Waals surface area contributed by atoms with Gasteiger partial charge in [0.15, 0.2) is 0 Å². The smallest absolute Gasteiger partial charge is 0.123 e. The molecule has 1 atom stereocenters. The van der Waals surface area contributed by atoms with Gasteiger partial charge in [-0.2, -0.15) is 11.8 Å². The molecular weight excluding hydrogens is 247 g/mol. The first-order chi connectivity index (χ1) is 8.30. The summed E-state index contributed by atoms with van der Waals surface area (Å²) < 4.78 is 13.3. The summed E-state index contributed by atoms with van der Waals surface area (Å²) in [5, 5.41) is 10.7. The molecule has 0 saturated carbocycles. The average molecular weight is 268 g/mol. The number of rotatable bonds is 2. The molecule has 1 unspecified atom stereocenters. The van der Waals surface area contributed by atoms with E-state index in [1.807, 2.05) is 6.92 Å². The average Bonchev–Trinajstić information content (AvgIpc) is 2.21. The minimum Gasteiger partial charge on any atom is -0.389 e. The Morgan fingerprint density at radius 1 is 1.33 bits per heavy atom. The van der Waals surface area contributed by atoms with Crippen LogP contribution in [0.3, 0.4) is 0 Å². The lowest BCUT2D eigenvalue weighted by Crippen LogP contribution is -2.44. The van der Waals surface area contributed by atoms with Crippen LogP contribution in [0.5, 0.6) is 0 Å². The molecule has 100 valence electrons. The van der Waals surface area contributed by atoms with Crippen molar-refractivity contribution in [1.29, 1.82) is 0 Å².